The predicted octanol–water partition coefficient (Wildman–Crippen LogP) is 4.50. The highest BCUT2D eigenvalue weighted by atomic mass is 28.3. The van der Waals surface area contributed by atoms with Crippen molar-refractivity contribution in [2.75, 3.05) is 0 Å². The summed E-state index contributed by atoms with van der Waals surface area (Å²) in [5.74, 6) is 3.15. The van der Waals surface area contributed by atoms with Crippen LogP contribution in [0.25, 0.3) is 0 Å². The largest absolute Gasteiger partial charge is 0.298 e. The molecule has 4 aliphatic rings. The smallest absolute Gasteiger partial charge is 0.146 e. The fourth-order valence-corrected chi connectivity index (χ4v) is 8.97. The minimum absolute atomic E-state index is 0.186. The fourth-order valence-electron chi connectivity index (χ4n) is 6.98. The van der Waals surface area contributed by atoms with Gasteiger partial charge in [-0.05, 0) is 49.9 Å². The Morgan fingerprint density at radius 1 is 1.11 bits per heavy atom. The van der Waals surface area contributed by atoms with Crippen LogP contribution in [0.2, 0.25) is 25.7 Å². The molecule has 0 aliphatic heterocycles. The third-order valence-electron chi connectivity index (χ3n) is 7.17. The van der Waals surface area contributed by atoms with Crippen molar-refractivity contribution in [1.82, 2.24) is 0 Å². The Bertz CT molecular complexity index is 437. The molecule has 0 aromatic carbocycles. The minimum atomic E-state index is -1.05. The first-order valence-electron chi connectivity index (χ1n) is 8.45. The molecule has 1 unspecified atom stereocenters. The number of carbonyl (C=O) groups excluding carboxylic acids is 1. The molecule has 1 nitrogen and oxygen atoms in total. The van der Waals surface area contributed by atoms with Crippen molar-refractivity contribution in [3.63, 3.8) is 0 Å². The van der Waals surface area contributed by atoms with Crippen LogP contribution < -0.4 is 0 Å². The fraction of sp³-hybridized carbons (Fsp3) is 0.941. The first-order chi connectivity index (χ1) is 8.90. The van der Waals surface area contributed by atoms with E-state index in [0.717, 1.165) is 23.5 Å². The molecule has 4 aliphatic carbocycles. The molecular weight excluding hydrogens is 248 g/mol. The second-order valence-electron chi connectivity index (χ2n) is 9.19. The maximum Gasteiger partial charge on any atom is 0.146 e. The summed E-state index contributed by atoms with van der Waals surface area (Å²) in [6.07, 6.45) is 9.21. The lowest BCUT2D eigenvalue weighted by molar-refractivity contribution is -0.130. The van der Waals surface area contributed by atoms with Crippen LogP contribution in [0.3, 0.4) is 0 Å². The molecule has 2 bridgehead atoms. The highest BCUT2D eigenvalue weighted by Gasteiger charge is 2.76. The van der Waals surface area contributed by atoms with E-state index in [1.54, 1.807) is 0 Å². The van der Waals surface area contributed by atoms with Gasteiger partial charge in [0.2, 0.25) is 0 Å². The molecule has 0 saturated heterocycles. The van der Waals surface area contributed by atoms with Crippen molar-refractivity contribution in [2.45, 2.75) is 70.6 Å². The van der Waals surface area contributed by atoms with Gasteiger partial charge in [0, 0.05) is 18.9 Å². The highest BCUT2D eigenvalue weighted by molar-refractivity contribution is 6.76. The lowest BCUT2D eigenvalue weighted by Crippen LogP contribution is -2.39. The zero-order valence-electron chi connectivity index (χ0n) is 12.8. The molecule has 2 heteroatoms. The van der Waals surface area contributed by atoms with Gasteiger partial charge >= 0.3 is 0 Å². The molecule has 2 spiro atoms. The number of hydrogen-bond acceptors (Lipinski definition) is 1. The van der Waals surface area contributed by atoms with Gasteiger partial charge in [0.15, 0.2) is 0 Å². The third-order valence-corrected chi connectivity index (χ3v) is 8.89. The standard InChI is InChI=1S/C17H28OSi/c1-19(2,3)11-12-10-16-8-4-6-13(16)14-7-5-9-17(12,14)15(16)18/h12-14H,4-11H2,1-3H3/t12-,13?,14+,16-,17+/m0/s1. The normalized spacial score (nSPS) is 51.7. The summed E-state index contributed by atoms with van der Waals surface area (Å²) < 4.78 is 0. The molecule has 4 fully saturated rings. The van der Waals surface area contributed by atoms with Gasteiger partial charge in [0.1, 0.15) is 5.78 Å². The number of fused-ring (bicyclic) bond motifs is 1. The minimum Gasteiger partial charge on any atom is -0.298 e. The number of Topliss-reactive ketones (excluding diaryl/α,β-unsaturated/α-hetero) is 1. The Balaban J connectivity index is 1.77. The zero-order valence-corrected chi connectivity index (χ0v) is 13.8. The molecule has 4 rings (SSSR count). The van der Waals surface area contributed by atoms with Crippen molar-refractivity contribution in [3.8, 4) is 0 Å². The summed E-state index contributed by atoms with van der Waals surface area (Å²) in [5.41, 5.74) is 0.376. The second kappa shape index (κ2) is 3.55. The van der Waals surface area contributed by atoms with Crippen LogP contribution in [-0.2, 0) is 4.79 Å². The summed E-state index contributed by atoms with van der Waals surface area (Å²) in [7, 11) is -1.05. The average Bonchev–Trinajstić information content (AvgIpc) is 2.95. The number of ketones is 1. The van der Waals surface area contributed by atoms with Crippen molar-refractivity contribution in [1.29, 1.82) is 0 Å². The first kappa shape index (κ1) is 12.6. The van der Waals surface area contributed by atoms with E-state index in [4.69, 9.17) is 0 Å². The van der Waals surface area contributed by atoms with Crippen LogP contribution in [0.5, 0.6) is 0 Å². The van der Waals surface area contributed by atoms with Crippen molar-refractivity contribution >= 4 is 13.9 Å². The molecule has 5 atom stereocenters. The Morgan fingerprint density at radius 3 is 2.53 bits per heavy atom. The molecule has 19 heavy (non-hydrogen) atoms. The van der Waals surface area contributed by atoms with E-state index in [1.807, 2.05) is 0 Å². The molecule has 106 valence electrons. The van der Waals surface area contributed by atoms with Crippen LogP contribution in [0.4, 0.5) is 0 Å². The zero-order chi connectivity index (χ0) is 13.5. The maximum atomic E-state index is 13.3. The molecule has 0 heterocycles. The average molecular weight is 276 g/mol. The van der Waals surface area contributed by atoms with E-state index in [2.05, 4.69) is 19.6 Å². The summed E-state index contributed by atoms with van der Waals surface area (Å²) in [6.45, 7) is 7.48. The van der Waals surface area contributed by atoms with Gasteiger partial charge < -0.3 is 0 Å². The van der Waals surface area contributed by atoms with Crippen LogP contribution in [0, 0.1) is 28.6 Å². The molecule has 0 radical (unpaired) electrons. The number of rotatable bonds is 2. The predicted molar refractivity (Wildman–Crippen MR) is 80.8 cm³/mol. The van der Waals surface area contributed by atoms with E-state index in [-0.39, 0.29) is 10.8 Å². The topological polar surface area (TPSA) is 17.1 Å². The van der Waals surface area contributed by atoms with Gasteiger partial charge in [-0.15, -0.1) is 0 Å². The second-order valence-corrected chi connectivity index (χ2v) is 14.7. The summed E-state index contributed by atoms with van der Waals surface area (Å²) in [4.78, 5) is 13.3. The summed E-state index contributed by atoms with van der Waals surface area (Å²) in [5, 5.41) is 0. The van der Waals surface area contributed by atoms with Crippen molar-refractivity contribution in [3.05, 3.63) is 0 Å². The molecule has 4 saturated carbocycles. The Kier molecular flexibility index (Phi) is 2.36. The van der Waals surface area contributed by atoms with E-state index < -0.39 is 8.07 Å². The lowest BCUT2D eigenvalue weighted by atomic mass is 9.64. The van der Waals surface area contributed by atoms with Gasteiger partial charge in [0.25, 0.3) is 0 Å². The van der Waals surface area contributed by atoms with Gasteiger partial charge in [-0.3, -0.25) is 4.79 Å². The van der Waals surface area contributed by atoms with Crippen LogP contribution in [-0.4, -0.2) is 13.9 Å². The van der Waals surface area contributed by atoms with Crippen LogP contribution in [0.1, 0.15) is 44.9 Å². The van der Waals surface area contributed by atoms with E-state index in [0.29, 0.717) is 0 Å². The quantitative estimate of drug-likeness (QED) is 0.679. The molecule has 0 aromatic heterocycles. The monoisotopic (exact) mass is 276 g/mol. The Hall–Kier alpha value is -0.113. The van der Waals surface area contributed by atoms with Crippen molar-refractivity contribution in [2.24, 2.45) is 28.6 Å². The Labute approximate surface area is 118 Å². The van der Waals surface area contributed by atoms with E-state index >= 15 is 0 Å². The molecule has 0 N–H and O–H groups in total. The van der Waals surface area contributed by atoms with Crippen LogP contribution >= 0.6 is 0 Å². The number of carbonyl (C=O) groups is 1. The van der Waals surface area contributed by atoms with Crippen molar-refractivity contribution < 1.29 is 4.79 Å². The van der Waals surface area contributed by atoms with E-state index in [9.17, 15) is 4.79 Å². The molecular formula is C17H28OSi. The SMILES string of the molecule is C[Si](C)(C)C[C@@H]1C[C@@]23CCCC2[C@H]2CCC[C@@]12C3=O. The first-order valence-corrected chi connectivity index (χ1v) is 12.2. The van der Waals surface area contributed by atoms with Gasteiger partial charge in [-0.25, -0.2) is 0 Å². The van der Waals surface area contributed by atoms with Gasteiger partial charge in [-0.2, -0.15) is 0 Å². The lowest BCUT2D eigenvalue weighted by Gasteiger charge is -2.42. The number of hydrogen-bond donors (Lipinski definition) is 0. The summed E-state index contributed by atoms with van der Waals surface area (Å²) >= 11 is 0. The Morgan fingerprint density at radius 2 is 1.79 bits per heavy atom. The third kappa shape index (κ3) is 1.35. The summed E-state index contributed by atoms with van der Waals surface area (Å²) in [6, 6.07) is 1.41. The molecule has 0 amide bonds. The maximum absolute atomic E-state index is 13.3. The van der Waals surface area contributed by atoms with Gasteiger partial charge in [0.05, 0.1) is 0 Å². The van der Waals surface area contributed by atoms with E-state index in [1.165, 1.54) is 51.0 Å². The van der Waals surface area contributed by atoms with Gasteiger partial charge in [-0.1, -0.05) is 38.5 Å². The molecule has 0 aromatic rings. The van der Waals surface area contributed by atoms with Crippen LogP contribution in [0.15, 0.2) is 0 Å². The highest BCUT2D eigenvalue weighted by Crippen LogP contribution is 2.77.